The second-order valence-corrected chi connectivity index (χ2v) is 7.44. The third-order valence-electron chi connectivity index (χ3n) is 5.29. The molecule has 0 aliphatic carbocycles. The SMILES string of the molecule is OC[C@H]1O[C@@H](OC[C@H]2O[C@@H](O[C@@H](O)c3ccccc3)[C@H](O)[C@@H](O)[C@@H]2O)[C@H](O)[C@@H](O)[C@@H]1O. The van der Waals surface area contributed by atoms with Crippen LogP contribution in [-0.4, -0.2) is 115 Å². The molecule has 0 bridgehead atoms. The molecule has 1 aromatic rings. The highest BCUT2D eigenvalue weighted by Crippen LogP contribution is 2.28. The van der Waals surface area contributed by atoms with Crippen LogP contribution in [0.3, 0.4) is 0 Å². The summed E-state index contributed by atoms with van der Waals surface area (Å²) >= 11 is 0. The summed E-state index contributed by atoms with van der Waals surface area (Å²) in [6.07, 6.45) is -16.9. The smallest absolute Gasteiger partial charge is 0.190 e. The Morgan fingerprint density at radius 3 is 1.90 bits per heavy atom. The minimum Gasteiger partial charge on any atom is -0.394 e. The standard InChI is InChI=1S/C19H28O12/c20-6-9-11(21)13(23)15(25)18(29-9)28-7-10-12(22)14(24)16(26)19(30-10)31-17(27)8-4-2-1-3-5-8/h1-5,9-27H,6-7H2/t9-,10-,11-,12-,13+,14+,15-,16-,17-,18-,19+/m1/s1. The molecule has 12 nitrogen and oxygen atoms in total. The van der Waals surface area contributed by atoms with Crippen molar-refractivity contribution in [1.29, 1.82) is 0 Å². The van der Waals surface area contributed by atoms with E-state index in [1.54, 1.807) is 30.3 Å². The Kier molecular flexibility index (Phi) is 8.31. The normalized spacial score (nSPS) is 42.3. The molecule has 11 atom stereocenters. The highest BCUT2D eigenvalue weighted by molar-refractivity contribution is 5.15. The van der Waals surface area contributed by atoms with Gasteiger partial charge in [0.25, 0.3) is 0 Å². The summed E-state index contributed by atoms with van der Waals surface area (Å²) < 4.78 is 21.3. The van der Waals surface area contributed by atoms with Gasteiger partial charge in [-0.15, -0.1) is 0 Å². The van der Waals surface area contributed by atoms with E-state index in [4.69, 9.17) is 18.9 Å². The highest BCUT2D eigenvalue weighted by atomic mass is 16.8. The Hall–Kier alpha value is -1.26. The third-order valence-corrected chi connectivity index (χ3v) is 5.29. The van der Waals surface area contributed by atoms with Crippen LogP contribution in [0.5, 0.6) is 0 Å². The molecule has 0 amide bonds. The topological polar surface area (TPSA) is 199 Å². The van der Waals surface area contributed by atoms with E-state index < -0.39 is 80.9 Å². The molecule has 176 valence electrons. The van der Waals surface area contributed by atoms with Crippen LogP contribution in [0.1, 0.15) is 11.9 Å². The van der Waals surface area contributed by atoms with Gasteiger partial charge in [0, 0.05) is 5.56 Å². The number of hydrogen-bond donors (Lipinski definition) is 8. The predicted molar refractivity (Wildman–Crippen MR) is 98.9 cm³/mol. The first kappa shape index (κ1) is 24.4. The second kappa shape index (κ2) is 10.6. The zero-order valence-electron chi connectivity index (χ0n) is 16.4. The number of ether oxygens (including phenoxy) is 4. The summed E-state index contributed by atoms with van der Waals surface area (Å²) in [5.74, 6) is 0. The van der Waals surface area contributed by atoms with Gasteiger partial charge >= 0.3 is 0 Å². The molecular weight excluding hydrogens is 420 g/mol. The molecule has 2 fully saturated rings. The van der Waals surface area contributed by atoms with Gasteiger partial charge in [-0.3, -0.25) is 0 Å². The minimum absolute atomic E-state index is 0.369. The molecule has 1 aromatic carbocycles. The quantitative estimate of drug-likeness (QED) is 0.190. The van der Waals surface area contributed by atoms with Gasteiger partial charge in [-0.1, -0.05) is 30.3 Å². The zero-order chi connectivity index (χ0) is 22.7. The van der Waals surface area contributed by atoms with Crippen LogP contribution in [0.15, 0.2) is 30.3 Å². The number of aliphatic hydroxyl groups excluding tert-OH is 8. The van der Waals surface area contributed by atoms with E-state index in [-0.39, 0.29) is 0 Å². The monoisotopic (exact) mass is 448 g/mol. The zero-order valence-corrected chi connectivity index (χ0v) is 16.4. The summed E-state index contributed by atoms with van der Waals surface area (Å²) in [5.41, 5.74) is 0.369. The van der Waals surface area contributed by atoms with Crippen LogP contribution in [0.25, 0.3) is 0 Å². The molecular formula is C19H28O12. The van der Waals surface area contributed by atoms with E-state index in [0.717, 1.165) is 0 Å². The lowest BCUT2D eigenvalue weighted by Crippen LogP contribution is -2.61. The Balaban J connectivity index is 1.62. The van der Waals surface area contributed by atoms with Gasteiger partial charge < -0.3 is 59.8 Å². The number of hydrogen-bond acceptors (Lipinski definition) is 12. The Labute approximate surface area is 177 Å². The van der Waals surface area contributed by atoms with Gasteiger partial charge in [-0.25, -0.2) is 0 Å². The van der Waals surface area contributed by atoms with Crippen molar-refractivity contribution in [3.05, 3.63) is 35.9 Å². The fraction of sp³-hybridized carbons (Fsp3) is 0.684. The molecule has 2 saturated heterocycles. The first-order valence-electron chi connectivity index (χ1n) is 9.74. The molecule has 2 aliphatic rings. The van der Waals surface area contributed by atoms with Crippen molar-refractivity contribution in [2.75, 3.05) is 13.2 Å². The largest absolute Gasteiger partial charge is 0.394 e. The van der Waals surface area contributed by atoms with Gasteiger partial charge in [-0.2, -0.15) is 0 Å². The Bertz CT molecular complexity index is 675. The third kappa shape index (κ3) is 5.39. The fourth-order valence-corrected chi connectivity index (χ4v) is 3.38. The molecule has 0 spiro atoms. The van der Waals surface area contributed by atoms with E-state index in [2.05, 4.69) is 0 Å². The van der Waals surface area contributed by atoms with Crippen molar-refractivity contribution < 1.29 is 59.8 Å². The molecule has 8 N–H and O–H groups in total. The van der Waals surface area contributed by atoms with Gasteiger partial charge in [0.1, 0.15) is 48.8 Å². The van der Waals surface area contributed by atoms with Crippen molar-refractivity contribution >= 4 is 0 Å². The maximum atomic E-state index is 10.2. The molecule has 0 saturated carbocycles. The van der Waals surface area contributed by atoms with Crippen LogP contribution in [0.4, 0.5) is 0 Å². The van der Waals surface area contributed by atoms with Crippen LogP contribution in [0, 0.1) is 0 Å². The van der Waals surface area contributed by atoms with E-state index in [9.17, 15) is 40.9 Å². The lowest BCUT2D eigenvalue weighted by molar-refractivity contribution is -0.348. The summed E-state index contributed by atoms with van der Waals surface area (Å²) in [6, 6.07) is 8.20. The highest BCUT2D eigenvalue weighted by Gasteiger charge is 2.47. The molecule has 12 heteroatoms. The Morgan fingerprint density at radius 1 is 0.742 bits per heavy atom. The summed E-state index contributed by atoms with van der Waals surface area (Å²) in [5, 5.41) is 79.5. The van der Waals surface area contributed by atoms with Crippen molar-refractivity contribution in [1.82, 2.24) is 0 Å². The van der Waals surface area contributed by atoms with Gasteiger partial charge in [-0.05, 0) is 0 Å². The summed E-state index contributed by atoms with van der Waals surface area (Å²) in [4.78, 5) is 0. The van der Waals surface area contributed by atoms with Crippen LogP contribution in [0.2, 0.25) is 0 Å². The van der Waals surface area contributed by atoms with Gasteiger partial charge in [0.2, 0.25) is 0 Å². The average Bonchev–Trinajstić information content (AvgIpc) is 2.78. The van der Waals surface area contributed by atoms with Crippen molar-refractivity contribution in [3.63, 3.8) is 0 Å². The van der Waals surface area contributed by atoms with E-state index in [1.807, 2.05) is 0 Å². The summed E-state index contributed by atoms with van der Waals surface area (Å²) in [6.45, 7) is -1.14. The number of benzene rings is 1. The van der Waals surface area contributed by atoms with E-state index in [0.29, 0.717) is 5.56 Å². The molecule has 0 unspecified atom stereocenters. The van der Waals surface area contributed by atoms with E-state index >= 15 is 0 Å². The molecule has 3 rings (SSSR count). The lowest BCUT2D eigenvalue weighted by atomic mass is 9.98. The molecule has 2 aliphatic heterocycles. The first-order valence-corrected chi connectivity index (χ1v) is 9.74. The average molecular weight is 448 g/mol. The maximum Gasteiger partial charge on any atom is 0.190 e. The minimum atomic E-state index is -1.70. The van der Waals surface area contributed by atoms with Gasteiger partial charge in [0.05, 0.1) is 13.2 Å². The van der Waals surface area contributed by atoms with Crippen LogP contribution >= 0.6 is 0 Å². The Morgan fingerprint density at radius 2 is 1.29 bits per heavy atom. The summed E-state index contributed by atoms with van der Waals surface area (Å²) in [7, 11) is 0. The van der Waals surface area contributed by atoms with Crippen LogP contribution < -0.4 is 0 Å². The van der Waals surface area contributed by atoms with E-state index in [1.165, 1.54) is 0 Å². The van der Waals surface area contributed by atoms with Crippen LogP contribution in [-0.2, 0) is 18.9 Å². The van der Waals surface area contributed by atoms with Gasteiger partial charge in [0.15, 0.2) is 18.9 Å². The molecule has 0 radical (unpaired) electrons. The number of aliphatic hydroxyl groups is 8. The van der Waals surface area contributed by atoms with Crippen molar-refractivity contribution in [2.45, 2.75) is 67.7 Å². The van der Waals surface area contributed by atoms with Crippen molar-refractivity contribution in [2.24, 2.45) is 0 Å². The second-order valence-electron chi connectivity index (χ2n) is 7.44. The fourth-order valence-electron chi connectivity index (χ4n) is 3.38. The number of rotatable bonds is 7. The molecule has 0 aromatic heterocycles. The first-order chi connectivity index (χ1) is 14.7. The predicted octanol–water partition coefficient (Wildman–Crippen LogP) is -3.68. The molecule has 2 heterocycles. The molecule has 31 heavy (non-hydrogen) atoms. The lowest BCUT2D eigenvalue weighted by Gasteiger charge is -2.43. The van der Waals surface area contributed by atoms with Crippen molar-refractivity contribution in [3.8, 4) is 0 Å². The maximum absolute atomic E-state index is 10.2.